The van der Waals surface area contributed by atoms with E-state index in [0.717, 1.165) is 5.56 Å². The van der Waals surface area contributed by atoms with E-state index in [1.807, 2.05) is 38.1 Å². The molecule has 0 radical (unpaired) electrons. The van der Waals surface area contributed by atoms with Crippen LogP contribution in [0.3, 0.4) is 0 Å². The highest BCUT2D eigenvalue weighted by Gasteiger charge is 2.15. The number of aryl methyl sites for hydroxylation is 1. The van der Waals surface area contributed by atoms with Crippen molar-refractivity contribution in [2.75, 3.05) is 6.61 Å². The highest BCUT2D eigenvalue weighted by atomic mass is 79.9. The van der Waals surface area contributed by atoms with E-state index in [4.69, 9.17) is 21.1 Å². The normalized spacial score (nSPS) is 10.4. The van der Waals surface area contributed by atoms with E-state index in [-0.39, 0.29) is 0 Å². The lowest BCUT2D eigenvalue weighted by molar-refractivity contribution is 0.108. The number of rotatable bonds is 6. The van der Waals surface area contributed by atoms with Crippen LogP contribution in [-0.4, -0.2) is 11.8 Å². The summed E-state index contributed by atoms with van der Waals surface area (Å²) in [6.07, 6.45) is 0. The van der Waals surface area contributed by atoms with Crippen molar-refractivity contribution in [2.24, 2.45) is 0 Å². The predicted octanol–water partition coefficient (Wildman–Crippen LogP) is 5.11. The van der Waals surface area contributed by atoms with E-state index < -0.39 is 5.24 Å². The first-order valence-electron chi connectivity index (χ1n) is 6.85. The van der Waals surface area contributed by atoms with Crippen molar-refractivity contribution < 1.29 is 14.3 Å². The Balaban J connectivity index is 2.25. The highest BCUT2D eigenvalue weighted by Crippen LogP contribution is 2.37. The fourth-order valence-corrected chi connectivity index (χ4v) is 2.59. The fraction of sp³-hybridized carbons (Fsp3) is 0.235. The third-order valence-corrected chi connectivity index (χ3v) is 3.85. The topological polar surface area (TPSA) is 35.5 Å². The Hall–Kier alpha value is -1.52. The molecular formula is C17H16BrClO3. The number of hydrogen-bond donors (Lipinski definition) is 0. The fourth-order valence-electron chi connectivity index (χ4n) is 1.92. The summed E-state index contributed by atoms with van der Waals surface area (Å²) in [4.78, 5) is 11.3. The monoisotopic (exact) mass is 382 g/mol. The van der Waals surface area contributed by atoms with Gasteiger partial charge in [-0.2, -0.15) is 0 Å². The molecule has 0 N–H and O–H groups in total. The van der Waals surface area contributed by atoms with Gasteiger partial charge in [-0.25, -0.2) is 0 Å². The largest absolute Gasteiger partial charge is 0.490 e. The second-order valence-corrected chi connectivity index (χ2v) is 5.96. The van der Waals surface area contributed by atoms with Gasteiger partial charge in [-0.05, 0) is 59.1 Å². The number of ether oxygens (including phenoxy) is 2. The number of carbonyl (C=O) groups excluding carboxylic acids is 1. The van der Waals surface area contributed by atoms with Gasteiger partial charge in [0.15, 0.2) is 11.5 Å². The minimum atomic E-state index is -0.535. The molecule has 0 saturated heterocycles. The molecule has 2 aromatic carbocycles. The van der Waals surface area contributed by atoms with Gasteiger partial charge < -0.3 is 9.47 Å². The summed E-state index contributed by atoms with van der Waals surface area (Å²) in [5.41, 5.74) is 2.61. The SMILES string of the molecule is CCOc1cc(C(=O)Cl)cc(Br)c1OCc1ccc(C)cc1. The zero-order valence-corrected chi connectivity index (χ0v) is 14.7. The molecule has 3 nitrogen and oxygen atoms in total. The van der Waals surface area contributed by atoms with Crippen molar-refractivity contribution in [3.63, 3.8) is 0 Å². The Labute approximate surface area is 143 Å². The zero-order valence-electron chi connectivity index (χ0n) is 12.4. The molecule has 0 heterocycles. The summed E-state index contributed by atoms with van der Waals surface area (Å²) in [5.74, 6) is 1.05. The zero-order chi connectivity index (χ0) is 16.1. The molecule has 0 spiro atoms. The Morgan fingerprint density at radius 2 is 1.86 bits per heavy atom. The second-order valence-electron chi connectivity index (χ2n) is 4.77. The number of hydrogen-bond acceptors (Lipinski definition) is 3. The molecule has 0 aliphatic carbocycles. The van der Waals surface area contributed by atoms with Crippen LogP contribution in [0.25, 0.3) is 0 Å². The van der Waals surface area contributed by atoms with Crippen molar-refractivity contribution in [1.82, 2.24) is 0 Å². The van der Waals surface area contributed by atoms with Crippen LogP contribution in [-0.2, 0) is 6.61 Å². The van der Waals surface area contributed by atoms with Crippen LogP contribution in [0, 0.1) is 6.92 Å². The van der Waals surface area contributed by atoms with Gasteiger partial charge in [0.2, 0.25) is 0 Å². The van der Waals surface area contributed by atoms with E-state index in [1.165, 1.54) is 5.56 Å². The summed E-state index contributed by atoms with van der Waals surface area (Å²) in [6.45, 7) is 4.78. The number of benzene rings is 2. The summed E-state index contributed by atoms with van der Waals surface area (Å²) >= 11 is 8.94. The summed E-state index contributed by atoms with van der Waals surface area (Å²) in [6, 6.07) is 11.3. The molecule has 0 saturated carbocycles. The first-order valence-corrected chi connectivity index (χ1v) is 8.03. The lowest BCUT2D eigenvalue weighted by Gasteiger charge is -2.14. The van der Waals surface area contributed by atoms with Crippen molar-refractivity contribution in [2.45, 2.75) is 20.5 Å². The lowest BCUT2D eigenvalue weighted by Crippen LogP contribution is -2.02. The second kappa shape index (κ2) is 7.65. The van der Waals surface area contributed by atoms with E-state index in [0.29, 0.717) is 34.7 Å². The quantitative estimate of drug-likeness (QED) is 0.650. The number of carbonyl (C=O) groups is 1. The van der Waals surface area contributed by atoms with Gasteiger partial charge in [-0.3, -0.25) is 4.79 Å². The molecule has 0 aliphatic heterocycles. The lowest BCUT2D eigenvalue weighted by atomic mass is 10.2. The maximum atomic E-state index is 11.3. The maximum absolute atomic E-state index is 11.3. The molecule has 2 aromatic rings. The molecule has 0 aliphatic rings. The van der Waals surface area contributed by atoms with Crippen LogP contribution in [0.4, 0.5) is 0 Å². The third-order valence-electron chi connectivity index (χ3n) is 3.04. The van der Waals surface area contributed by atoms with Crippen molar-refractivity contribution in [3.05, 3.63) is 57.6 Å². The van der Waals surface area contributed by atoms with E-state index in [9.17, 15) is 4.79 Å². The average molecular weight is 384 g/mol. The van der Waals surface area contributed by atoms with Gasteiger partial charge >= 0.3 is 0 Å². The van der Waals surface area contributed by atoms with Crippen LogP contribution in [0.15, 0.2) is 40.9 Å². The minimum absolute atomic E-state index is 0.361. The van der Waals surface area contributed by atoms with Gasteiger partial charge in [0.25, 0.3) is 5.24 Å². The van der Waals surface area contributed by atoms with Crippen LogP contribution in [0.2, 0.25) is 0 Å². The van der Waals surface area contributed by atoms with Crippen LogP contribution < -0.4 is 9.47 Å². The summed E-state index contributed by atoms with van der Waals surface area (Å²) in [5, 5.41) is -0.535. The summed E-state index contributed by atoms with van der Waals surface area (Å²) < 4.78 is 12.0. The minimum Gasteiger partial charge on any atom is -0.490 e. The molecule has 0 amide bonds. The smallest absolute Gasteiger partial charge is 0.252 e. The Morgan fingerprint density at radius 3 is 2.45 bits per heavy atom. The van der Waals surface area contributed by atoms with Gasteiger partial charge in [0.1, 0.15) is 6.61 Å². The van der Waals surface area contributed by atoms with Gasteiger partial charge in [-0.1, -0.05) is 29.8 Å². The number of halogens is 2. The van der Waals surface area contributed by atoms with E-state index in [1.54, 1.807) is 12.1 Å². The van der Waals surface area contributed by atoms with E-state index in [2.05, 4.69) is 15.9 Å². The third kappa shape index (κ3) is 4.24. The van der Waals surface area contributed by atoms with Gasteiger partial charge in [0, 0.05) is 5.56 Å². The molecule has 2 rings (SSSR count). The van der Waals surface area contributed by atoms with Gasteiger partial charge in [0.05, 0.1) is 11.1 Å². The molecule has 0 atom stereocenters. The molecule has 0 aromatic heterocycles. The first kappa shape index (κ1) is 16.8. The molecule has 22 heavy (non-hydrogen) atoms. The van der Waals surface area contributed by atoms with Crippen molar-refractivity contribution >= 4 is 32.8 Å². The summed E-state index contributed by atoms with van der Waals surface area (Å²) in [7, 11) is 0. The van der Waals surface area contributed by atoms with Gasteiger partial charge in [-0.15, -0.1) is 0 Å². The van der Waals surface area contributed by atoms with Crippen molar-refractivity contribution in [1.29, 1.82) is 0 Å². The molecule has 0 bridgehead atoms. The Kier molecular flexibility index (Phi) is 5.86. The molecule has 5 heteroatoms. The average Bonchev–Trinajstić information content (AvgIpc) is 2.48. The van der Waals surface area contributed by atoms with E-state index >= 15 is 0 Å². The van der Waals surface area contributed by atoms with Crippen LogP contribution in [0.1, 0.15) is 28.4 Å². The molecule has 116 valence electrons. The molecule has 0 unspecified atom stereocenters. The van der Waals surface area contributed by atoms with Crippen LogP contribution >= 0.6 is 27.5 Å². The standard InChI is InChI=1S/C17H16BrClO3/c1-3-21-15-9-13(17(19)20)8-14(18)16(15)22-10-12-6-4-11(2)5-7-12/h4-9H,3,10H2,1-2H3. The molecular weight excluding hydrogens is 368 g/mol. The Morgan fingerprint density at radius 1 is 1.18 bits per heavy atom. The Bertz CT molecular complexity index is 668. The predicted molar refractivity (Wildman–Crippen MR) is 91.0 cm³/mol. The highest BCUT2D eigenvalue weighted by molar-refractivity contribution is 9.10. The van der Waals surface area contributed by atoms with Crippen molar-refractivity contribution in [3.8, 4) is 11.5 Å². The molecule has 0 fully saturated rings. The van der Waals surface area contributed by atoms with Crippen LogP contribution in [0.5, 0.6) is 11.5 Å². The maximum Gasteiger partial charge on any atom is 0.252 e. The first-order chi connectivity index (χ1) is 10.5.